The monoisotopic (exact) mass is 567 g/mol. The van der Waals surface area contributed by atoms with Gasteiger partial charge in [0, 0.05) is 18.6 Å². The number of hydrogen-bond donors (Lipinski definition) is 0. The minimum Gasteiger partial charge on any atom is -0.461 e. The van der Waals surface area contributed by atoms with Crippen molar-refractivity contribution in [2.24, 2.45) is 0 Å². The molecule has 2 aliphatic rings. The minimum atomic E-state index is -4.12. The zero-order valence-corrected chi connectivity index (χ0v) is 23.3. The number of hydrogen-bond acceptors (Lipinski definition) is 9. The number of β-lactam (4-membered cyclic amide) rings is 1. The SMILES string of the molecule is CC(=O)OCC1=C(C(=O)OC(c2ccccc2)c2ccccc2)N2C(=O)/C(=C/C(=O)OC(C)(C)C)[C@H]2S(=O)(=O)C1. The first kappa shape index (κ1) is 28.8. The Balaban J connectivity index is 1.75. The Hall–Kier alpha value is -4.25. The lowest BCUT2D eigenvalue weighted by atomic mass is 10.00. The molecule has 2 aliphatic heterocycles. The molecule has 0 aromatic heterocycles. The van der Waals surface area contributed by atoms with Crippen LogP contribution in [-0.2, 0) is 43.2 Å². The van der Waals surface area contributed by atoms with Crippen molar-refractivity contribution >= 4 is 33.7 Å². The molecule has 210 valence electrons. The molecular formula is C29H29NO9S. The summed E-state index contributed by atoms with van der Waals surface area (Å²) in [5.41, 5.74) is -0.365. The Morgan fingerprint density at radius 3 is 2.05 bits per heavy atom. The van der Waals surface area contributed by atoms with Gasteiger partial charge in [-0.2, -0.15) is 0 Å². The molecule has 0 saturated carbocycles. The van der Waals surface area contributed by atoms with E-state index in [1.54, 1.807) is 81.4 Å². The first-order valence-corrected chi connectivity index (χ1v) is 14.2. The lowest BCUT2D eigenvalue weighted by Crippen LogP contribution is -2.62. The van der Waals surface area contributed by atoms with Crippen LogP contribution in [0.25, 0.3) is 0 Å². The zero-order chi connectivity index (χ0) is 29.2. The number of carbonyl (C=O) groups is 4. The van der Waals surface area contributed by atoms with Crippen molar-refractivity contribution in [1.82, 2.24) is 4.90 Å². The van der Waals surface area contributed by atoms with Gasteiger partial charge in [0.05, 0.1) is 11.3 Å². The fourth-order valence-electron chi connectivity index (χ4n) is 4.44. The third-order valence-corrected chi connectivity index (χ3v) is 7.91. The van der Waals surface area contributed by atoms with Gasteiger partial charge in [-0.15, -0.1) is 0 Å². The van der Waals surface area contributed by atoms with E-state index in [0.717, 1.165) is 17.9 Å². The number of sulfone groups is 1. The highest BCUT2D eigenvalue weighted by atomic mass is 32.2. The van der Waals surface area contributed by atoms with Gasteiger partial charge >= 0.3 is 17.9 Å². The minimum absolute atomic E-state index is 0.110. The lowest BCUT2D eigenvalue weighted by molar-refractivity contribution is -0.150. The summed E-state index contributed by atoms with van der Waals surface area (Å²) in [7, 11) is -4.12. The van der Waals surface area contributed by atoms with E-state index in [9.17, 15) is 27.6 Å². The fourth-order valence-corrected chi connectivity index (χ4v) is 6.38. The summed E-state index contributed by atoms with van der Waals surface area (Å²) in [6, 6.07) is 17.8. The van der Waals surface area contributed by atoms with Crippen molar-refractivity contribution in [3.05, 3.63) is 94.7 Å². The Morgan fingerprint density at radius 2 is 1.55 bits per heavy atom. The Morgan fingerprint density at radius 1 is 1.00 bits per heavy atom. The van der Waals surface area contributed by atoms with E-state index >= 15 is 0 Å². The number of esters is 3. The van der Waals surface area contributed by atoms with Crippen LogP contribution in [0.5, 0.6) is 0 Å². The van der Waals surface area contributed by atoms with Crippen molar-refractivity contribution in [2.75, 3.05) is 12.4 Å². The van der Waals surface area contributed by atoms with E-state index in [4.69, 9.17) is 14.2 Å². The van der Waals surface area contributed by atoms with Crippen LogP contribution in [0.15, 0.2) is 83.6 Å². The summed E-state index contributed by atoms with van der Waals surface area (Å²) >= 11 is 0. The Labute approximate surface area is 232 Å². The summed E-state index contributed by atoms with van der Waals surface area (Å²) in [5.74, 6) is -4.14. The van der Waals surface area contributed by atoms with Crippen molar-refractivity contribution in [2.45, 2.75) is 44.8 Å². The lowest BCUT2D eigenvalue weighted by Gasteiger charge is -2.45. The van der Waals surface area contributed by atoms with Crippen LogP contribution in [0.1, 0.15) is 44.9 Å². The number of benzene rings is 2. The smallest absolute Gasteiger partial charge is 0.356 e. The number of rotatable bonds is 7. The molecule has 1 fully saturated rings. The molecule has 2 aromatic carbocycles. The standard InChI is InChI=1S/C29H29NO9S/c1-18(31)37-16-21-17-40(35,36)27-22(15-23(32)39-29(2,3)4)26(33)30(27)24(21)28(34)38-25(19-11-7-5-8-12-19)20-13-9-6-10-14-20/h5-15,25,27H,16-17H2,1-4H3/b22-15-/t27-/m1/s1. The molecular weight excluding hydrogens is 538 g/mol. The molecule has 4 rings (SSSR count). The molecule has 1 saturated heterocycles. The van der Waals surface area contributed by atoms with Crippen molar-refractivity contribution in [1.29, 1.82) is 0 Å². The van der Waals surface area contributed by atoms with E-state index in [0.29, 0.717) is 11.1 Å². The average Bonchev–Trinajstić information content (AvgIpc) is 2.88. The van der Waals surface area contributed by atoms with Gasteiger partial charge in [0.25, 0.3) is 5.91 Å². The highest BCUT2D eigenvalue weighted by molar-refractivity contribution is 7.92. The molecule has 1 amide bonds. The van der Waals surface area contributed by atoms with Crippen LogP contribution < -0.4 is 0 Å². The quantitative estimate of drug-likeness (QED) is 0.214. The van der Waals surface area contributed by atoms with Gasteiger partial charge in [0.2, 0.25) is 0 Å². The second-order valence-electron chi connectivity index (χ2n) is 10.3. The average molecular weight is 568 g/mol. The molecule has 0 unspecified atom stereocenters. The zero-order valence-electron chi connectivity index (χ0n) is 22.4. The van der Waals surface area contributed by atoms with Crippen molar-refractivity contribution in [3.8, 4) is 0 Å². The molecule has 1 atom stereocenters. The molecule has 2 heterocycles. The van der Waals surface area contributed by atoms with E-state index in [-0.39, 0.29) is 16.8 Å². The third kappa shape index (κ3) is 6.15. The van der Waals surface area contributed by atoms with Crippen LogP contribution >= 0.6 is 0 Å². The summed E-state index contributed by atoms with van der Waals surface area (Å²) in [6.07, 6.45) is -0.0502. The number of nitrogens with zero attached hydrogens (tertiary/aromatic N) is 1. The number of ether oxygens (including phenoxy) is 3. The van der Waals surface area contributed by atoms with Gasteiger partial charge in [-0.05, 0) is 31.9 Å². The van der Waals surface area contributed by atoms with E-state index in [1.165, 1.54) is 0 Å². The molecule has 10 nitrogen and oxygen atoms in total. The van der Waals surface area contributed by atoms with Gasteiger partial charge in [-0.25, -0.2) is 18.0 Å². The third-order valence-electron chi connectivity index (χ3n) is 6.01. The summed E-state index contributed by atoms with van der Waals surface area (Å²) in [4.78, 5) is 51.7. The van der Waals surface area contributed by atoms with Crippen LogP contribution in [0, 0.1) is 0 Å². The van der Waals surface area contributed by atoms with Crippen molar-refractivity contribution < 1.29 is 41.8 Å². The predicted molar refractivity (Wildman–Crippen MR) is 143 cm³/mol. The van der Waals surface area contributed by atoms with Crippen LogP contribution in [0.4, 0.5) is 0 Å². The molecule has 2 aromatic rings. The highest BCUT2D eigenvalue weighted by Gasteiger charge is 2.57. The first-order chi connectivity index (χ1) is 18.8. The Kier molecular flexibility index (Phi) is 7.97. The van der Waals surface area contributed by atoms with Gasteiger partial charge in [0.15, 0.2) is 21.3 Å². The molecule has 11 heteroatoms. The second kappa shape index (κ2) is 11.1. The van der Waals surface area contributed by atoms with E-state index in [1.807, 2.05) is 0 Å². The van der Waals surface area contributed by atoms with Crippen LogP contribution in [0.3, 0.4) is 0 Å². The molecule has 40 heavy (non-hydrogen) atoms. The summed E-state index contributed by atoms with van der Waals surface area (Å²) in [6.45, 7) is 5.48. The summed E-state index contributed by atoms with van der Waals surface area (Å²) < 4.78 is 42.6. The van der Waals surface area contributed by atoms with Gasteiger partial charge in [0.1, 0.15) is 17.9 Å². The number of amides is 1. The fraction of sp³-hybridized carbons (Fsp3) is 0.310. The molecule has 0 N–H and O–H groups in total. The first-order valence-electron chi connectivity index (χ1n) is 12.4. The van der Waals surface area contributed by atoms with E-state index < -0.39 is 63.1 Å². The molecule has 0 bridgehead atoms. The number of fused-ring (bicyclic) bond motifs is 1. The van der Waals surface area contributed by atoms with Gasteiger partial charge in [-0.3, -0.25) is 14.5 Å². The topological polar surface area (TPSA) is 133 Å². The van der Waals surface area contributed by atoms with Gasteiger partial charge in [-0.1, -0.05) is 60.7 Å². The number of carbonyl (C=O) groups excluding carboxylic acids is 4. The maximum absolute atomic E-state index is 13.8. The maximum atomic E-state index is 13.8. The van der Waals surface area contributed by atoms with Gasteiger partial charge < -0.3 is 14.2 Å². The summed E-state index contributed by atoms with van der Waals surface area (Å²) in [5, 5.41) is -1.59. The van der Waals surface area contributed by atoms with Crippen LogP contribution in [0.2, 0.25) is 0 Å². The van der Waals surface area contributed by atoms with Crippen LogP contribution in [-0.4, -0.2) is 60.5 Å². The second-order valence-corrected chi connectivity index (χ2v) is 12.4. The van der Waals surface area contributed by atoms with Crippen molar-refractivity contribution in [3.63, 3.8) is 0 Å². The molecule has 0 aliphatic carbocycles. The molecule has 0 radical (unpaired) electrons. The highest BCUT2D eigenvalue weighted by Crippen LogP contribution is 2.41. The predicted octanol–water partition coefficient (Wildman–Crippen LogP) is 3.00. The normalized spacial score (nSPS) is 19.1. The van der Waals surface area contributed by atoms with E-state index in [2.05, 4.69) is 0 Å². The maximum Gasteiger partial charge on any atom is 0.356 e. The largest absolute Gasteiger partial charge is 0.461 e. The molecule has 0 spiro atoms. The Bertz CT molecular complexity index is 1460.